The number of nitrogens with zero attached hydrogens (tertiary/aromatic N) is 1. The highest BCUT2D eigenvalue weighted by Crippen LogP contribution is 2.22. The van der Waals surface area contributed by atoms with Crippen molar-refractivity contribution in [2.45, 2.75) is 26.7 Å². The molecule has 0 N–H and O–H groups in total. The molecule has 11 heavy (non-hydrogen) atoms. The second-order valence-electron chi connectivity index (χ2n) is 3.01. The van der Waals surface area contributed by atoms with Gasteiger partial charge < -0.3 is 0 Å². The van der Waals surface area contributed by atoms with Gasteiger partial charge in [-0.25, -0.2) is 4.98 Å². The van der Waals surface area contributed by atoms with Gasteiger partial charge in [0.2, 0.25) is 0 Å². The third-order valence-corrected chi connectivity index (χ3v) is 2.60. The van der Waals surface area contributed by atoms with Crippen LogP contribution >= 0.6 is 11.3 Å². The average Bonchev–Trinajstić information content (AvgIpc) is 2.33. The van der Waals surface area contributed by atoms with Gasteiger partial charge in [0.25, 0.3) is 0 Å². The van der Waals surface area contributed by atoms with Crippen LogP contribution in [0.5, 0.6) is 0 Å². The number of allylic oxidation sites excluding steroid dienone is 1. The molecule has 0 amide bonds. The molecule has 0 fully saturated rings. The summed E-state index contributed by atoms with van der Waals surface area (Å²) in [5, 5.41) is 3.26. The van der Waals surface area contributed by atoms with Crippen LogP contribution in [0.1, 0.15) is 37.4 Å². The molecule has 0 aromatic carbocycles. The van der Waals surface area contributed by atoms with Gasteiger partial charge >= 0.3 is 0 Å². The van der Waals surface area contributed by atoms with E-state index in [1.54, 1.807) is 11.3 Å². The molecular formula is C9H13NS. The van der Waals surface area contributed by atoms with Crippen LogP contribution in [0, 0.1) is 0 Å². The van der Waals surface area contributed by atoms with Gasteiger partial charge in [0.15, 0.2) is 0 Å². The summed E-state index contributed by atoms with van der Waals surface area (Å²) in [5.41, 5.74) is 2.09. The van der Waals surface area contributed by atoms with Gasteiger partial charge in [-0.05, 0) is 12.5 Å². The van der Waals surface area contributed by atoms with Crippen molar-refractivity contribution in [1.82, 2.24) is 4.98 Å². The average molecular weight is 167 g/mol. The van der Waals surface area contributed by atoms with Crippen molar-refractivity contribution in [1.29, 1.82) is 0 Å². The standard InChI is InChI=1S/C9H13NS/c1-6(2)8-5-11-9(10-8)7(3)4/h5,7H,1H2,2-4H3. The van der Waals surface area contributed by atoms with Crippen molar-refractivity contribution >= 4 is 16.9 Å². The second-order valence-corrected chi connectivity index (χ2v) is 3.90. The fourth-order valence-corrected chi connectivity index (χ4v) is 1.66. The van der Waals surface area contributed by atoms with E-state index in [2.05, 4.69) is 30.8 Å². The van der Waals surface area contributed by atoms with E-state index in [-0.39, 0.29) is 0 Å². The van der Waals surface area contributed by atoms with Crippen LogP contribution in [-0.4, -0.2) is 4.98 Å². The van der Waals surface area contributed by atoms with Crippen molar-refractivity contribution in [2.75, 3.05) is 0 Å². The molecule has 0 radical (unpaired) electrons. The van der Waals surface area contributed by atoms with Crippen LogP contribution in [-0.2, 0) is 0 Å². The molecule has 2 heteroatoms. The summed E-state index contributed by atoms with van der Waals surface area (Å²) in [5.74, 6) is 0.535. The Bertz CT molecular complexity index is 260. The summed E-state index contributed by atoms with van der Waals surface area (Å²) in [4.78, 5) is 4.43. The topological polar surface area (TPSA) is 12.9 Å². The largest absolute Gasteiger partial charge is 0.241 e. The lowest BCUT2D eigenvalue weighted by atomic mass is 10.2. The third kappa shape index (κ3) is 1.90. The first kappa shape index (κ1) is 8.47. The summed E-state index contributed by atoms with van der Waals surface area (Å²) < 4.78 is 0. The fourth-order valence-electron chi connectivity index (χ4n) is 0.749. The van der Waals surface area contributed by atoms with E-state index in [0.29, 0.717) is 5.92 Å². The van der Waals surface area contributed by atoms with E-state index in [0.717, 1.165) is 11.3 Å². The summed E-state index contributed by atoms with van der Waals surface area (Å²) >= 11 is 1.71. The highest BCUT2D eigenvalue weighted by Gasteiger charge is 2.04. The van der Waals surface area contributed by atoms with Gasteiger partial charge in [-0.3, -0.25) is 0 Å². The highest BCUT2D eigenvalue weighted by atomic mass is 32.1. The molecule has 0 unspecified atom stereocenters. The van der Waals surface area contributed by atoms with Crippen molar-refractivity contribution in [2.24, 2.45) is 0 Å². The molecule has 1 rings (SSSR count). The second kappa shape index (κ2) is 3.18. The van der Waals surface area contributed by atoms with Crippen LogP contribution in [0.3, 0.4) is 0 Å². The Morgan fingerprint density at radius 1 is 1.64 bits per heavy atom. The van der Waals surface area contributed by atoms with Crippen LogP contribution < -0.4 is 0 Å². The molecule has 0 bridgehead atoms. The molecule has 0 saturated carbocycles. The van der Waals surface area contributed by atoms with Gasteiger partial charge in [-0.2, -0.15) is 0 Å². The molecule has 0 aliphatic heterocycles. The Kier molecular flexibility index (Phi) is 2.45. The normalized spacial score (nSPS) is 10.5. The molecule has 1 heterocycles. The molecule has 60 valence electrons. The van der Waals surface area contributed by atoms with Crippen molar-refractivity contribution in [3.63, 3.8) is 0 Å². The van der Waals surface area contributed by atoms with Crippen LogP contribution in [0.15, 0.2) is 12.0 Å². The third-order valence-electron chi connectivity index (χ3n) is 1.45. The molecule has 0 aliphatic rings. The van der Waals surface area contributed by atoms with Gasteiger partial charge in [-0.15, -0.1) is 11.3 Å². The number of hydrogen-bond acceptors (Lipinski definition) is 2. The molecule has 0 aliphatic carbocycles. The number of thiazole rings is 1. The SMILES string of the molecule is C=C(C)c1csc(C(C)C)n1. The van der Waals surface area contributed by atoms with Crippen LogP contribution in [0.4, 0.5) is 0 Å². The predicted octanol–water partition coefficient (Wildman–Crippen LogP) is 3.30. The Labute approximate surface area is 71.8 Å². The minimum absolute atomic E-state index is 0.535. The van der Waals surface area contributed by atoms with Gasteiger partial charge in [0.1, 0.15) is 0 Å². The minimum Gasteiger partial charge on any atom is -0.241 e. The molecule has 0 saturated heterocycles. The Balaban J connectivity index is 2.90. The first-order valence-corrected chi connectivity index (χ1v) is 4.60. The van der Waals surface area contributed by atoms with Crippen LogP contribution in [0.2, 0.25) is 0 Å². The molecule has 1 nitrogen and oxygen atoms in total. The van der Waals surface area contributed by atoms with Crippen molar-refractivity contribution in [3.05, 3.63) is 22.7 Å². The Hall–Kier alpha value is -0.630. The zero-order valence-corrected chi connectivity index (χ0v) is 8.03. The van der Waals surface area contributed by atoms with E-state index in [9.17, 15) is 0 Å². The van der Waals surface area contributed by atoms with Crippen molar-refractivity contribution < 1.29 is 0 Å². The molecular weight excluding hydrogens is 154 g/mol. The Morgan fingerprint density at radius 2 is 2.27 bits per heavy atom. The smallest absolute Gasteiger partial charge is 0.0957 e. The minimum atomic E-state index is 0.535. The number of rotatable bonds is 2. The van der Waals surface area contributed by atoms with E-state index < -0.39 is 0 Å². The summed E-state index contributed by atoms with van der Waals surface area (Å²) in [6.07, 6.45) is 0. The first-order chi connectivity index (χ1) is 5.11. The molecule has 1 aromatic heterocycles. The Morgan fingerprint density at radius 3 is 2.55 bits per heavy atom. The van der Waals surface area contributed by atoms with Gasteiger partial charge in [0, 0.05) is 11.3 Å². The maximum Gasteiger partial charge on any atom is 0.0957 e. The van der Waals surface area contributed by atoms with E-state index in [4.69, 9.17) is 0 Å². The monoisotopic (exact) mass is 167 g/mol. The zero-order valence-electron chi connectivity index (χ0n) is 7.22. The van der Waals surface area contributed by atoms with E-state index in [1.165, 1.54) is 5.01 Å². The number of aromatic nitrogens is 1. The quantitative estimate of drug-likeness (QED) is 0.658. The maximum atomic E-state index is 4.43. The number of hydrogen-bond donors (Lipinski definition) is 0. The van der Waals surface area contributed by atoms with Crippen LogP contribution in [0.25, 0.3) is 5.57 Å². The van der Waals surface area contributed by atoms with E-state index in [1.807, 2.05) is 6.92 Å². The summed E-state index contributed by atoms with van der Waals surface area (Å²) in [6, 6.07) is 0. The lowest BCUT2D eigenvalue weighted by Crippen LogP contribution is -1.85. The molecule has 0 spiro atoms. The lowest BCUT2D eigenvalue weighted by Gasteiger charge is -1.96. The molecule has 1 aromatic rings. The van der Waals surface area contributed by atoms with Gasteiger partial charge in [0.05, 0.1) is 10.7 Å². The summed E-state index contributed by atoms with van der Waals surface area (Å²) in [6.45, 7) is 10.1. The maximum absolute atomic E-state index is 4.43. The van der Waals surface area contributed by atoms with Gasteiger partial charge in [-0.1, -0.05) is 20.4 Å². The summed E-state index contributed by atoms with van der Waals surface area (Å²) in [7, 11) is 0. The lowest BCUT2D eigenvalue weighted by molar-refractivity contribution is 0.850. The first-order valence-electron chi connectivity index (χ1n) is 3.72. The molecule has 0 atom stereocenters. The van der Waals surface area contributed by atoms with E-state index >= 15 is 0 Å². The fraction of sp³-hybridized carbons (Fsp3) is 0.444. The highest BCUT2D eigenvalue weighted by molar-refractivity contribution is 7.09. The van der Waals surface area contributed by atoms with Crippen molar-refractivity contribution in [3.8, 4) is 0 Å². The zero-order chi connectivity index (χ0) is 8.43. The predicted molar refractivity (Wildman–Crippen MR) is 50.9 cm³/mol.